The number of ether oxygens (including phenoxy) is 1. The first-order chi connectivity index (χ1) is 9.55. The van der Waals surface area contributed by atoms with Crippen molar-refractivity contribution in [2.24, 2.45) is 5.92 Å². The van der Waals surface area contributed by atoms with E-state index in [2.05, 4.69) is 17.1 Å². The zero-order valence-corrected chi connectivity index (χ0v) is 13.7. The molecule has 0 aliphatic carbocycles. The van der Waals surface area contributed by atoms with Crippen LogP contribution in [0.25, 0.3) is 0 Å². The lowest BCUT2D eigenvalue weighted by molar-refractivity contribution is -0.151. The third-order valence-electron chi connectivity index (χ3n) is 4.40. The second-order valence-corrected chi connectivity index (χ2v) is 6.05. The fraction of sp³-hybridized carbons (Fsp3) is 0.938. The van der Waals surface area contributed by atoms with Crippen molar-refractivity contribution in [3.05, 3.63) is 0 Å². The maximum Gasteiger partial charge on any atom is 0.326 e. The van der Waals surface area contributed by atoms with Gasteiger partial charge in [0.15, 0.2) is 0 Å². The van der Waals surface area contributed by atoms with Gasteiger partial charge in [0.1, 0.15) is 5.54 Å². The van der Waals surface area contributed by atoms with Crippen LogP contribution >= 0.6 is 0 Å². The molecule has 4 nitrogen and oxygen atoms in total. The molecule has 0 bridgehead atoms. The van der Waals surface area contributed by atoms with Gasteiger partial charge < -0.3 is 15.0 Å². The van der Waals surface area contributed by atoms with E-state index in [1.54, 1.807) is 0 Å². The van der Waals surface area contributed by atoms with Gasteiger partial charge in [0.25, 0.3) is 0 Å². The number of rotatable bonds is 8. The number of hydrogen-bond acceptors (Lipinski definition) is 4. The van der Waals surface area contributed by atoms with Crippen molar-refractivity contribution in [1.29, 1.82) is 0 Å². The van der Waals surface area contributed by atoms with Gasteiger partial charge in [0, 0.05) is 13.1 Å². The number of hydrogen-bond donors (Lipinski definition) is 1. The molecule has 1 aliphatic rings. The maximum atomic E-state index is 12.1. The second kappa shape index (κ2) is 8.63. The molecule has 0 aromatic carbocycles. The summed E-state index contributed by atoms with van der Waals surface area (Å²) in [5.41, 5.74) is -0.552. The van der Waals surface area contributed by atoms with Gasteiger partial charge in [-0.15, -0.1) is 0 Å². The van der Waals surface area contributed by atoms with Gasteiger partial charge in [0.2, 0.25) is 0 Å². The lowest BCUT2D eigenvalue weighted by Crippen LogP contribution is -2.52. The molecule has 1 N–H and O–H groups in total. The van der Waals surface area contributed by atoms with E-state index in [1.807, 2.05) is 20.8 Å². The minimum atomic E-state index is -0.552. The van der Waals surface area contributed by atoms with Crippen molar-refractivity contribution >= 4 is 5.97 Å². The van der Waals surface area contributed by atoms with Gasteiger partial charge in [-0.05, 0) is 52.1 Å². The molecule has 1 saturated heterocycles. The topological polar surface area (TPSA) is 41.6 Å². The number of piperidine rings is 1. The Bertz CT molecular complexity index is 296. The molecular weight excluding hydrogens is 252 g/mol. The Kier molecular flexibility index (Phi) is 7.52. The predicted octanol–water partition coefficient (Wildman–Crippen LogP) is 2.43. The number of likely N-dealkylation sites (N-methyl/N-ethyl adjacent to an activating group) is 1. The van der Waals surface area contributed by atoms with Gasteiger partial charge in [-0.3, -0.25) is 4.79 Å². The van der Waals surface area contributed by atoms with Crippen molar-refractivity contribution in [2.75, 3.05) is 32.8 Å². The molecule has 0 radical (unpaired) electrons. The van der Waals surface area contributed by atoms with Crippen LogP contribution in [0.4, 0.5) is 0 Å². The van der Waals surface area contributed by atoms with E-state index < -0.39 is 5.54 Å². The molecule has 2 atom stereocenters. The van der Waals surface area contributed by atoms with E-state index in [0.29, 0.717) is 6.61 Å². The Morgan fingerprint density at radius 3 is 2.75 bits per heavy atom. The zero-order chi connectivity index (χ0) is 15.0. The third-order valence-corrected chi connectivity index (χ3v) is 4.40. The lowest BCUT2D eigenvalue weighted by atomic mass is 9.93. The molecule has 1 heterocycles. The Morgan fingerprint density at radius 1 is 1.40 bits per heavy atom. The molecule has 4 heteroatoms. The zero-order valence-electron chi connectivity index (χ0n) is 13.7. The van der Waals surface area contributed by atoms with E-state index in [0.717, 1.165) is 25.4 Å². The van der Waals surface area contributed by atoms with Crippen molar-refractivity contribution in [3.8, 4) is 0 Å². The average molecular weight is 284 g/mol. The Balaban J connectivity index is 2.51. The van der Waals surface area contributed by atoms with Crippen LogP contribution < -0.4 is 5.32 Å². The van der Waals surface area contributed by atoms with Gasteiger partial charge >= 0.3 is 5.97 Å². The molecule has 0 spiro atoms. The standard InChI is InChI=1S/C16H32N2O2/c1-5-14-9-8-11-18(13-14)12-10-16(4,17-6-2)15(19)20-7-3/h14,17H,5-13H2,1-4H3. The highest BCUT2D eigenvalue weighted by molar-refractivity contribution is 5.80. The van der Waals surface area contributed by atoms with Crippen molar-refractivity contribution in [3.63, 3.8) is 0 Å². The molecule has 0 amide bonds. The summed E-state index contributed by atoms with van der Waals surface area (Å²) in [6, 6.07) is 0. The summed E-state index contributed by atoms with van der Waals surface area (Å²) in [5.74, 6) is 0.711. The number of nitrogens with zero attached hydrogens (tertiary/aromatic N) is 1. The summed E-state index contributed by atoms with van der Waals surface area (Å²) in [4.78, 5) is 14.7. The number of carbonyl (C=O) groups excluding carboxylic acids is 1. The minimum absolute atomic E-state index is 0.120. The predicted molar refractivity (Wildman–Crippen MR) is 82.8 cm³/mol. The summed E-state index contributed by atoms with van der Waals surface area (Å²) >= 11 is 0. The van der Waals surface area contributed by atoms with Crippen LogP contribution in [0.15, 0.2) is 0 Å². The van der Waals surface area contributed by atoms with Crippen LogP contribution in [-0.4, -0.2) is 49.2 Å². The molecule has 0 saturated carbocycles. The highest BCUT2D eigenvalue weighted by Crippen LogP contribution is 2.21. The fourth-order valence-electron chi connectivity index (χ4n) is 3.01. The summed E-state index contributed by atoms with van der Waals surface area (Å²) in [7, 11) is 0. The van der Waals surface area contributed by atoms with Crippen molar-refractivity contribution < 1.29 is 9.53 Å². The smallest absolute Gasteiger partial charge is 0.326 e. The van der Waals surface area contributed by atoms with Gasteiger partial charge in [-0.2, -0.15) is 0 Å². The van der Waals surface area contributed by atoms with Crippen LogP contribution in [0.3, 0.4) is 0 Å². The second-order valence-electron chi connectivity index (χ2n) is 6.05. The minimum Gasteiger partial charge on any atom is -0.465 e. The Hall–Kier alpha value is -0.610. The molecule has 20 heavy (non-hydrogen) atoms. The third kappa shape index (κ3) is 5.06. The van der Waals surface area contributed by atoms with E-state index in [1.165, 1.54) is 32.4 Å². The largest absolute Gasteiger partial charge is 0.465 e. The quantitative estimate of drug-likeness (QED) is 0.695. The number of nitrogens with one attached hydrogen (secondary N) is 1. The van der Waals surface area contributed by atoms with E-state index in [9.17, 15) is 4.79 Å². The monoisotopic (exact) mass is 284 g/mol. The summed E-state index contributed by atoms with van der Waals surface area (Å²) < 4.78 is 5.22. The van der Waals surface area contributed by atoms with Crippen LogP contribution in [0.5, 0.6) is 0 Å². The van der Waals surface area contributed by atoms with Crippen LogP contribution in [-0.2, 0) is 9.53 Å². The van der Waals surface area contributed by atoms with Gasteiger partial charge in [-0.1, -0.05) is 20.3 Å². The number of carbonyl (C=O) groups is 1. The first-order valence-corrected chi connectivity index (χ1v) is 8.20. The number of likely N-dealkylation sites (tertiary alicyclic amines) is 1. The Morgan fingerprint density at radius 2 is 2.15 bits per heavy atom. The normalized spacial score (nSPS) is 23.3. The maximum absolute atomic E-state index is 12.1. The molecule has 0 aromatic heterocycles. The first kappa shape index (κ1) is 17.4. The van der Waals surface area contributed by atoms with Crippen LogP contribution in [0.2, 0.25) is 0 Å². The molecule has 0 aromatic rings. The van der Waals surface area contributed by atoms with Crippen molar-refractivity contribution in [1.82, 2.24) is 10.2 Å². The molecule has 2 unspecified atom stereocenters. The van der Waals surface area contributed by atoms with E-state index >= 15 is 0 Å². The fourth-order valence-corrected chi connectivity index (χ4v) is 3.01. The van der Waals surface area contributed by atoms with Gasteiger partial charge in [0.05, 0.1) is 6.61 Å². The van der Waals surface area contributed by atoms with Gasteiger partial charge in [-0.25, -0.2) is 0 Å². The summed E-state index contributed by atoms with van der Waals surface area (Å²) in [6.07, 6.45) is 4.72. The van der Waals surface area contributed by atoms with Crippen LogP contribution in [0, 0.1) is 5.92 Å². The first-order valence-electron chi connectivity index (χ1n) is 8.20. The molecule has 1 aliphatic heterocycles. The molecular formula is C16H32N2O2. The molecule has 118 valence electrons. The molecule has 1 fully saturated rings. The number of esters is 1. The van der Waals surface area contributed by atoms with E-state index in [4.69, 9.17) is 4.74 Å². The van der Waals surface area contributed by atoms with Crippen LogP contribution in [0.1, 0.15) is 53.4 Å². The summed E-state index contributed by atoms with van der Waals surface area (Å²) in [5, 5.41) is 3.31. The SMILES string of the molecule is CCNC(C)(CCN1CCCC(CC)C1)C(=O)OCC. The lowest BCUT2D eigenvalue weighted by Gasteiger charge is -2.35. The van der Waals surface area contributed by atoms with Crippen molar-refractivity contribution in [2.45, 2.75) is 58.9 Å². The molecule has 1 rings (SSSR count). The highest BCUT2D eigenvalue weighted by Gasteiger charge is 2.34. The Labute approximate surface area is 124 Å². The van der Waals surface area contributed by atoms with E-state index in [-0.39, 0.29) is 5.97 Å². The average Bonchev–Trinajstić information content (AvgIpc) is 2.46. The highest BCUT2D eigenvalue weighted by atomic mass is 16.5. The summed E-state index contributed by atoms with van der Waals surface area (Å²) in [6.45, 7) is 12.7.